The fraction of sp³-hybridized carbons (Fsp3) is 0.125. The van der Waals surface area contributed by atoms with Crippen LogP contribution in [-0.2, 0) is 4.74 Å². The van der Waals surface area contributed by atoms with Gasteiger partial charge in [0.05, 0.1) is 17.6 Å². The maximum atomic E-state index is 11.2. The maximum absolute atomic E-state index is 11.2. The Balaban J connectivity index is 3.41. The average molecular weight is 322 g/mol. The number of ether oxygens (including phenoxy) is 1. The number of methoxy groups -OCH3 is 1. The Labute approximate surface area is 98.7 Å². The predicted octanol–water partition coefficient (Wildman–Crippen LogP) is 1.57. The SMILES string of the molecule is COC(=O)c1cc(I)cc([N+](=O)[O-])c1N. The van der Waals surface area contributed by atoms with Crippen LogP contribution in [-0.4, -0.2) is 18.0 Å². The van der Waals surface area contributed by atoms with Gasteiger partial charge < -0.3 is 10.5 Å². The number of hydrogen-bond acceptors (Lipinski definition) is 5. The Kier molecular flexibility index (Phi) is 3.45. The third-order valence-corrected chi connectivity index (χ3v) is 2.35. The van der Waals surface area contributed by atoms with Gasteiger partial charge in [0.1, 0.15) is 5.69 Å². The van der Waals surface area contributed by atoms with Gasteiger partial charge >= 0.3 is 5.97 Å². The van der Waals surface area contributed by atoms with Crippen LogP contribution in [0.4, 0.5) is 11.4 Å². The molecule has 80 valence electrons. The summed E-state index contributed by atoms with van der Waals surface area (Å²) in [5.41, 5.74) is 5.03. The number of nitrogens with two attached hydrogens (primary N) is 1. The van der Waals surface area contributed by atoms with Gasteiger partial charge in [-0.2, -0.15) is 0 Å². The van der Waals surface area contributed by atoms with Crippen LogP contribution >= 0.6 is 22.6 Å². The summed E-state index contributed by atoms with van der Waals surface area (Å²) in [6.45, 7) is 0. The summed E-state index contributed by atoms with van der Waals surface area (Å²) >= 11 is 1.86. The van der Waals surface area contributed by atoms with Gasteiger partial charge in [0.2, 0.25) is 0 Å². The van der Waals surface area contributed by atoms with Crippen LogP contribution in [0, 0.1) is 13.7 Å². The molecule has 0 aliphatic carbocycles. The number of carbonyl (C=O) groups excluding carboxylic acids is 1. The molecule has 0 heterocycles. The van der Waals surface area contributed by atoms with Gasteiger partial charge in [-0.25, -0.2) is 4.79 Å². The second-order valence-electron chi connectivity index (χ2n) is 2.63. The molecular formula is C8H7IN2O4. The van der Waals surface area contributed by atoms with E-state index in [4.69, 9.17) is 5.73 Å². The molecule has 1 aromatic carbocycles. The fourth-order valence-corrected chi connectivity index (χ4v) is 1.64. The van der Waals surface area contributed by atoms with Crippen molar-refractivity contribution in [1.29, 1.82) is 0 Å². The molecule has 0 atom stereocenters. The summed E-state index contributed by atoms with van der Waals surface area (Å²) in [7, 11) is 1.19. The van der Waals surface area contributed by atoms with Crippen LogP contribution in [0.25, 0.3) is 0 Å². The van der Waals surface area contributed by atoms with E-state index < -0.39 is 10.9 Å². The minimum atomic E-state index is -0.686. The number of rotatable bonds is 2. The molecular weight excluding hydrogens is 315 g/mol. The number of esters is 1. The molecule has 0 saturated carbocycles. The number of benzene rings is 1. The molecule has 1 aromatic rings. The highest BCUT2D eigenvalue weighted by molar-refractivity contribution is 14.1. The molecule has 0 bridgehead atoms. The number of carbonyl (C=O) groups is 1. The highest BCUT2D eigenvalue weighted by Crippen LogP contribution is 2.28. The van der Waals surface area contributed by atoms with E-state index in [1.165, 1.54) is 19.2 Å². The molecule has 0 spiro atoms. The fourth-order valence-electron chi connectivity index (χ4n) is 1.03. The van der Waals surface area contributed by atoms with Crippen LogP contribution in [0.5, 0.6) is 0 Å². The quantitative estimate of drug-likeness (QED) is 0.293. The van der Waals surface area contributed by atoms with Gasteiger partial charge in [0, 0.05) is 9.64 Å². The highest BCUT2D eigenvalue weighted by atomic mass is 127. The molecule has 0 fully saturated rings. The summed E-state index contributed by atoms with van der Waals surface area (Å²) in [6, 6.07) is 2.73. The number of hydrogen-bond donors (Lipinski definition) is 1. The lowest BCUT2D eigenvalue weighted by atomic mass is 10.1. The topological polar surface area (TPSA) is 95.5 Å². The zero-order valence-electron chi connectivity index (χ0n) is 7.69. The molecule has 0 amide bonds. The van der Waals surface area contributed by atoms with Crippen molar-refractivity contribution in [1.82, 2.24) is 0 Å². The normalized spacial score (nSPS) is 9.73. The predicted molar refractivity (Wildman–Crippen MR) is 61.6 cm³/mol. The van der Waals surface area contributed by atoms with Crippen molar-refractivity contribution in [2.45, 2.75) is 0 Å². The second-order valence-corrected chi connectivity index (χ2v) is 3.88. The smallest absolute Gasteiger partial charge is 0.340 e. The molecule has 0 saturated heterocycles. The van der Waals surface area contributed by atoms with Crippen molar-refractivity contribution < 1.29 is 14.5 Å². The minimum absolute atomic E-state index is 0.0103. The summed E-state index contributed by atoms with van der Waals surface area (Å²) in [4.78, 5) is 21.2. The van der Waals surface area contributed by atoms with E-state index in [-0.39, 0.29) is 16.9 Å². The Hall–Kier alpha value is -1.38. The Morgan fingerprint density at radius 2 is 2.20 bits per heavy atom. The minimum Gasteiger partial charge on any atom is -0.465 e. The molecule has 1 rings (SSSR count). The van der Waals surface area contributed by atoms with Crippen LogP contribution in [0.1, 0.15) is 10.4 Å². The summed E-state index contributed by atoms with van der Waals surface area (Å²) in [5.74, 6) is -0.686. The van der Waals surface area contributed by atoms with Gasteiger partial charge in [0.25, 0.3) is 5.69 Å². The first-order valence-electron chi connectivity index (χ1n) is 3.79. The van der Waals surface area contributed by atoms with Crippen LogP contribution < -0.4 is 5.73 Å². The van der Waals surface area contributed by atoms with Gasteiger partial charge in [0.15, 0.2) is 0 Å². The number of nitro groups is 1. The summed E-state index contributed by atoms with van der Waals surface area (Å²) in [5, 5.41) is 10.6. The van der Waals surface area contributed by atoms with Crippen molar-refractivity contribution in [2.24, 2.45) is 0 Å². The summed E-state index contributed by atoms with van der Waals surface area (Å²) < 4.78 is 5.01. The van der Waals surface area contributed by atoms with Crippen LogP contribution in [0.3, 0.4) is 0 Å². The highest BCUT2D eigenvalue weighted by Gasteiger charge is 2.21. The van der Waals surface area contributed by atoms with Crippen molar-refractivity contribution in [3.05, 3.63) is 31.4 Å². The van der Waals surface area contributed by atoms with Crippen LogP contribution in [0.2, 0.25) is 0 Å². The van der Waals surface area contributed by atoms with Crippen molar-refractivity contribution >= 4 is 39.9 Å². The van der Waals surface area contributed by atoms with Gasteiger partial charge in [-0.3, -0.25) is 10.1 Å². The second kappa shape index (κ2) is 4.43. The molecule has 2 N–H and O–H groups in total. The first kappa shape index (κ1) is 11.7. The van der Waals surface area contributed by atoms with Crippen LogP contribution in [0.15, 0.2) is 12.1 Å². The molecule has 0 aromatic heterocycles. The number of nitro benzene ring substituents is 1. The van der Waals surface area contributed by atoms with Crippen molar-refractivity contribution in [2.75, 3.05) is 12.8 Å². The van der Waals surface area contributed by atoms with E-state index in [9.17, 15) is 14.9 Å². The van der Waals surface area contributed by atoms with Crippen molar-refractivity contribution in [3.63, 3.8) is 0 Å². The zero-order chi connectivity index (χ0) is 11.6. The molecule has 6 nitrogen and oxygen atoms in total. The Bertz CT molecular complexity index is 433. The zero-order valence-corrected chi connectivity index (χ0v) is 9.85. The Morgan fingerprint density at radius 1 is 1.60 bits per heavy atom. The number of halogens is 1. The van der Waals surface area contributed by atoms with Crippen molar-refractivity contribution in [3.8, 4) is 0 Å². The first-order chi connectivity index (χ1) is 6.97. The van der Waals surface area contributed by atoms with E-state index in [1.807, 2.05) is 22.6 Å². The van der Waals surface area contributed by atoms with E-state index in [1.54, 1.807) is 0 Å². The van der Waals surface area contributed by atoms with E-state index in [0.29, 0.717) is 3.57 Å². The Morgan fingerprint density at radius 3 is 2.67 bits per heavy atom. The number of anilines is 1. The third kappa shape index (κ3) is 2.35. The van der Waals surface area contributed by atoms with E-state index in [0.717, 1.165) is 0 Å². The molecule has 0 unspecified atom stereocenters. The maximum Gasteiger partial charge on any atom is 0.340 e. The van der Waals surface area contributed by atoms with Gasteiger partial charge in [-0.1, -0.05) is 0 Å². The largest absolute Gasteiger partial charge is 0.465 e. The molecule has 0 aliphatic rings. The monoisotopic (exact) mass is 322 g/mol. The van der Waals surface area contributed by atoms with Gasteiger partial charge in [-0.05, 0) is 28.7 Å². The third-order valence-electron chi connectivity index (χ3n) is 1.72. The number of nitrogen functional groups attached to an aromatic ring is 1. The molecule has 0 aliphatic heterocycles. The van der Waals surface area contributed by atoms with Gasteiger partial charge in [-0.15, -0.1) is 0 Å². The number of nitrogens with zero attached hydrogens (tertiary/aromatic N) is 1. The first-order valence-corrected chi connectivity index (χ1v) is 4.87. The van der Waals surface area contributed by atoms with E-state index in [2.05, 4.69) is 4.74 Å². The lowest BCUT2D eigenvalue weighted by Crippen LogP contribution is -2.08. The lowest BCUT2D eigenvalue weighted by molar-refractivity contribution is -0.384. The molecule has 15 heavy (non-hydrogen) atoms. The summed E-state index contributed by atoms with van der Waals surface area (Å²) in [6.07, 6.45) is 0. The lowest BCUT2D eigenvalue weighted by Gasteiger charge is -2.04. The van der Waals surface area contributed by atoms with E-state index >= 15 is 0 Å². The molecule has 0 radical (unpaired) electrons. The average Bonchev–Trinajstić information content (AvgIpc) is 2.19. The standard InChI is InChI=1S/C8H7IN2O4/c1-15-8(12)5-2-4(9)3-6(7(5)10)11(13)14/h2-3H,10H2,1H3. The molecule has 7 heteroatoms.